The SMILES string of the molecule is Cc1ccc(NCC2CCCCO2)c(Cl)c1. The van der Waals surface area contributed by atoms with Crippen LogP contribution in [0.5, 0.6) is 0 Å². The van der Waals surface area contributed by atoms with Crippen molar-refractivity contribution < 1.29 is 4.74 Å². The molecule has 1 saturated heterocycles. The van der Waals surface area contributed by atoms with Crippen molar-refractivity contribution in [3.63, 3.8) is 0 Å². The number of rotatable bonds is 3. The molecule has 0 amide bonds. The number of halogens is 1. The van der Waals surface area contributed by atoms with E-state index in [4.69, 9.17) is 16.3 Å². The molecule has 1 unspecified atom stereocenters. The minimum Gasteiger partial charge on any atom is -0.381 e. The lowest BCUT2D eigenvalue weighted by Crippen LogP contribution is -2.27. The highest BCUT2D eigenvalue weighted by molar-refractivity contribution is 6.33. The van der Waals surface area contributed by atoms with Crippen LogP contribution in [0.15, 0.2) is 18.2 Å². The van der Waals surface area contributed by atoms with Gasteiger partial charge in [-0.2, -0.15) is 0 Å². The summed E-state index contributed by atoms with van der Waals surface area (Å²) < 4.78 is 5.66. The minimum atomic E-state index is 0.339. The van der Waals surface area contributed by atoms with E-state index < -0.39 is 0 Å². The number of anilines is 1. The first kappa shape index (κ1) is 11.7. The van der Waals surface area contributed by atoms with E-state index in [0.29, 0.717) is 6.10 Å². The monoisotopic (exact) mass is 239 g/mol. The number of hydrogen-bond donors (Lipinski definition) is 1. The van der Waals surface area contributed by atoms with Crippen LogP contribution in [-0.4, -0.2) is 19.3 Å². The van der Waals surface area contributed by atoms with E-state index in [1.54, 1.807) is 0 Å². The predicted molar refractivity (Wildman–Crippen MR) is 68.3 cm³/mol. The number of aryl methyl sites for hydroxylation is 1. The molecule has 1 N–H and O–H groups in total. The first-order chi connectivity index (χ1) is 7.75. The molecule has 1 fully saturated rings. The largest absolute Gasteiger partial charge is 0.381 e. The van der Waals surface area contributed by atoms with Gasteiger partial charge in [0, 0.05) is 13.2 Å². The maximum absolute atomic E-state index is 6.14. The maximum atomic E-state index is 6.14. The van der Waals surface area contributed by atoms with Crippen LogP contribution in [0.3, 0.4) is 0 Å². The van der Waals surface area contributed by atoms with Crippen LogP contribution < -0.4 is 5.32 Å². The van der Waals surface area contributed by atoms with Crippen molar-refractivity contribution in [1.82, 2.24) is 0 Å². The molecule has 1 aromatic rings. The van der Waals surface area contributed by atoms with Crippen LogP contribution in [0.25, 0.3) is 0 Å². The summed E-state index contributed by atoms with van der Waals surface area (Å²) in [5, 5.41) is 4.14. The third-order valence-electron chi connectivity index (χ3n) is 2.92. The third-order valence-corrected chi connectivity index (χ3v) is 3.23. The smallest absolute Gasteiger partial charge is 0.0747 e. The summed E-state index contributed by atoms with van der Waals surface area (Å²) in [5.74, 6) is 0. The molecule has 0 spiro atoms. The average molecular weight is 240 g/mol. The van der Waals surface area contributed by atoms with Gasteiger partial charge in [0.1, 0.15) is 0 Å². The summed E-state index contributed by atoms with van der Waals surface area (Å²) in [7, 11) is 0. The molecule has 1 atom stereocenters. The number of ether oxygens (including phenoxy) is 1. The minimum absolute atomic E-state index is 0.339. The van der Waals surface area contributed by atoms with Crippen LogP contribution in [0, 0.1) is 6.92 Å². The fourth-order valence-corrected chi connectivity index (χ4v) is 2.26. The molecule has 1 aliphatic heterocycles. The van der Waals surface area contributed by atoms with Crippen LogP contribution >= 0.6 is 11.6 Å². The number of nitrogens with one attached hydrogen (secondary N) is 1. The van der Waals surface area contributed by atoms with Crippen LogP contribution in [0.1, 0.15) is 24.8 Å². The predicted octanol–water partition coefficient (Wildman–Crippen LogP) is 3.63. The molecule has 2 rings (SSSR count). The summed E-state index contributed by atoms with van der Waals surface area (Å²) in [5.41, 5.74) is 2.19. The van der Waals surface area contributed by atoms with Gasteiger partial charge in [0.2, 0.25) is 0 Å². The van der Waals surface area contributed by atoms with Gasteiger partial charge in [-0.05, 0) is 43.9 Å². The fourth-order valence-electron chi connectivity index (χ4n) is 1.96. The van der Waals surface area contributed by atoms with Crippen LogP contribution in [-0.2, 0) is 4.74 Å². The Kier molecular flexibility index (Phi) is 4.08. The summed E-state index contributed by atoms with van der Waals surface area (Å²) >= 11 is 6.14. The zero-order valence-corrected chi connectivity index (χ0v) is 10.4. The number of hydrogen-bond acceptors (Lipinski definition) is 2. The summed E-state index contributed by atoms with van der Waals surface area (Å²) in [4.78, 5) is 0. The van der Waals surface area contributed by atoms with E-state index in [2.05, 4.69) is 11.4 Å². The highest BCUT2D eigenvalue weighted by Crippen LogP contribution is 2.23. The Hall–Kier alpha value is -0.730. The Morgan fingerprint density at radius 3 is 3.00 bits per heavy atom. The topological polar surface area (TPSA) is 21.3 Å². The van der Waals surface area contributed by atoms with Gasteiger partial charge in [0.25, 0.3) is 0 Å². The molecule has 1 aliphatic rings. The van der Waals surface area contributed by atoms with E-state index in [0.717, 1.165) is 30.3 Å². The normalized spacial score (nSPS) is 20.8. The molecule has 1 aromatic carbocycles. The molecule has 0 bridgehead atoms. The number of benzene rings is 1. The molecule has 0 saturated carbocycles. The highest BCUT2D eigenvalue weighted by Gasteiger charge is 2.13. The van der Waals surface area contributed by atoms with E-state index >= 15 is 0 Å². The molecular formula is C13H18ClNO. The van der Waals surface area contributed by atoms with Gasteiger partial charge in [-0.25, -0.2) is 0 Å². The molecule has 0 aliphatic carbocycles. The quantitative estimate of drug-likeness (QED) is 0.870. The molecule has 16 heavy (non-hydrogen) atoms. The molecule has 3 heteroatoms. The second-order valence-electron chi connectivity index (χ2n) is 4.35. The molecular weight excluding hydrogens is 222 g/mol. The summed E-state index contributed by atoms with van der Waals surface area (Å²) in [6, 6.07) is 6.07. The van der Waals surface area contributed by atoms with Gasteiger partial charge in [0.15, 0.2) is 0 Å². The second-order valence-corrected chi connectivity index (χ2v) is 4.76. The van der Waals surface area contributed by atoms with Crippen molar-refractivity contribution >= 4 is 17.3 Å². The first-order valence-corrected chi connectivity index (χ1v) is 6.25. The van der Waals surface area contributed by atoms with Crippen LogP contribution in [0.4, 0.5) is 5.69 Å². The average Bonchev–Trinajstić information content (AvgIpc) is 2.29. The van der Waals surface area contributed by atoms with Crippen molar-refractivity contribution in [2.75, 3.05) is 18.5 Å². The standard InChI is InChI=1S/C13H18ClNO/c1-10-5-6-13(12(14)8-10)15-9-11-4-2-3-7-16-11/h5-6,8,11,15H,2-4,7,9H2,1H3. The van der Waals surface area contributed by atoms with E-state index in [9.17, 15) is 0 Å². The first-order valence-electron chi connectivity index (χ1n) is 5.87. The van der Waals surface area contributed by atoms with Gasteiger partial charge in [-0.1, -0.05) is 17.7 Å². The maximum Gasteiger partial charge on any atom is 0.0747 e. The molecule has 0 aromatic heterocycles. The Balaban J connectivity index is 1.88. The highest BCUT2D eigenvalue weighted by atomic mass is 35.5. The van der Waals surface area contributed by atoms with Gasteiger partial charge >= 0.3 is 0 Å². The summed E-state index contributed by atoms with van der Waals surface area (Å²) in [6.07, 6.45) is 3.96. The van der Waals surface area contributed by atoms with Gasteiger partial charge in [-0.15, -0.1) is 0 Å². The van der Waals surface area contributed by atoms with Crippen molar-refractivity contribution in [1.29, 1.82) is 0 Å². The molecule has 2 nitrogen and oxygen atoms in total. The lowest BCUT2D eigenvalue weighted by atomic mass is 10.1. The Morgan fingerprint density at radius 1 is 1.44 bits per heavy atom. The molecule has 1 heterocycles. The zero-order chi connectivity index (χ0) is 11.4. The van der Waals surface area contributed by atoms with Gasteiger partial charge in [-0.3, -0.25) is 0 Å². The van der Waals surface area contributed by atoms with Crippen molar-refractivity contribution in [2.45, 2.75) is 32.3 Å². The van der Waals surface area contributed by atoms with Crippen molar-refractivity contribution in [2.24, 2.45) is 0 Å². The summed E-state index contributed by atoms with van der Waals surface area (Å²) in [6.45, 7) is 3.79. The zero-order valence-electron chi connectivity index (χ0n) is 9.63. The van der Waals surface area contributed by atoms with E-state index in [1.807, 2.05) is 19.1 Å². The van der Waals surface area contributed by atoms with Crippen LogP contribution in [0.2, 0.25) is 5.02 Å². The lowest BCUT2D eigenvalue weighted by molar-refractivity contribution is 0.0247. The van der Waals surface area contributed by atoms with Gasteiger partial charge in [0.05, 0.1) is 16.8 Å². The van der Waals surface area contributed by atoms with Crippen molar-refractivity contribution in [3.05, 3.63) is 28.8 Å². The van der Waals surface area contributed by atoms with E-state index in [1.165, 1.54) is 18.4 Å². The van der Waals surface area contributed by atoms with Crippen molar-refractivity contribution in [3.8, 4) is 0 Å². The Bertz CT molecular complexity index is 348. The Morgan fingerprint density at radius 2 is 2.31 bits per heavy atom. The lowest BCUT2D eigenvalue weighted by Gasteiger charge is -2.23. The van der Waals surface area contributed by atoms with Gasteiger partial charge < -0.3 is 10.1 Å². The second kappa shape index (κ2) is 5.55. The van der Waals surface area contributed by atoms with E-state index in [-0.39, 0.29) is 0 Å². The fraction of sp³-hybridized carbons (Fsp3) is 0.538. The Labute approximate surface area is 102 Å². The molecule has 88 valence electrons. The third kappa shape index (κ3) is 3.13. The molecule has 0 radical (unpaired) electrons.